The lowest BCUT2D eigenvalue weighted by Crippen LogP contribution is -2.53. The molecule has 1 atom stereocenters. The molecule has 1 unspecified atom stereocenters. The normalized spacial score (nSPS) is 14.9. The molecule has 0 saturated carbocycles. The van der Waals surface area contributed by atoms with Crippen LogP contribution in [0.4, 0.5) is 0 Å². The molecule has 0 radical (unpaired) electrons. The Morgan fingerprint density at radius 1 is 0.944 bits per heavy atom. The predicted octanol–water partition coefficient (Wildman–Crippen LogP) is 4.84. The van der Waals surface area contributed by atoms with Crippen LogP contribution in [0.3, 0.4) is 0 Å². The second-order valence-electron chi connectivity index (χ2n) is 7.23. The Hall–Kier alpha value is 0.434. The van der Waals surface area contributed by atoms with E-state index < -0.39 is 16.1 Å². The molecule has 0 bridgehead atoms. The largest absolute Gasteiger partial charge is 0.143 e. The minimum atomic E-state index is -1.13. The lowest BCUT2D eigenvalue weighted by molar-refractivity contribution is 1.43. The number of thiol groups is 1. The number of hydrogen-bond donors (Lipinski definition) is 1. The number of hydrogen-bond acceptors (Lipinski definition) is 1. The van der Waals surface area contributed by atoms with Crippen molar-refractivity contribution >= 4 is 42.0 Å². The van der Waals surface area contributed by atoms with Crippen molar-refractivity contribution in [3.05, 3.63) is 24.3 Å². The molecule has 4 heteroatoms. The van der Waals surface area contributed by atoms with Crippen LogP contribution in [-0.4, -0.2) is 27.7 Å². The van der Waals surface area contributed by atoms with Crippen LogP contribution in [0.1, 0.15) is 0 Å². The highest BCUT2D eigenvalue weighted by molar-refractivity contribution is 7.82. The van der Waals surface area contributed by atoms with Gasteiger partial charge in [0.05, 0.1) is 0 Å². The highest BCUT2D eigenvalue weighted by atomic mass is 32.1. The van der Waals surface area contributed by atoms with Gasteiger partial charge in [-0.3, -0.25) is 0 Å². The van der Waals surface area contributed by atoms with Crippen molar-refractivity contribution in [2.45, 2.75) is 49.1 Å². The fourth-order valence-corrected chi connectivity index (χ4v) is 25.6. The Morgan fingerprint density at radius 2 is 1.39 bits per heavy atom. The lowest BCUT2D eigenvalue weighted by atomic mass is 10.4. The molecule has 0 spiro atoms. The molecule has 0 nitrogen and oxygen atoms in total. The summed E-state index contributed by atoms with van der Waals surface area (Å²) in [5.41, 5.74) is 0. The standard InChI is InChI=1S/C14H27PSSi2/c1-15(12-10-8-9-11-13(12)16)14(17(2,3)4)18(5,6)7/h8-11,14,16H,1-7H3. The molecular formula is C14H27PSSi2. The van der Waals surface area contributed by atoms with Crippen LogP contribution in [0, 0.1) is 0 Å². The van der Waals surface area contributed by atoms with E-state index in [4.69, 9.17) is 0 Å². The molecule has 0 aliphatic heterocycles. The van der Waals surface area contributed by atoms with Crippen LogP contribution >= 0.6 is 20.6 Å². The molecule has 0 aliphatic rings. The Bertz CT molecular complexity index is 393. The van der Waals surface area contributed by atoms with Crippen LogP contribution in [0.2, 0.25) is 39.3 Å². The van der Waals surface area contributed by atoms with Gasteiger partial charge in [-0.2, -0.15) is 0 Å². The van der Waals surface area contributed by atoms with E-state index in [9.17, 15) is 0 Å². The van der Waals surface area contributed by atoms with E-state index in [1.54, 1.807) is 0 Å². The fourth-order valence-electron chi connectivity index (χ4n) is 3.36. The van der Waals surface area contributed by atoms with Gasteiger partial charge in [0.25, 0.3) is 0 Å². The molecule has 0 heterocycles. The fraction of sp³-hybridized carbons (Fsp3) is 0.571. The van der Waals surface area contributed by atoms with Gasteiger partial charge < -0.3 is 0 Å². The van der Waals surface area contributed by atoms with Crippen LogP contribution in [-0.2, 0) is 0 Å². The molecular weight excluding hydrogens is 287 g/mol. The van der Waals surface area contributed by atoms with E-state index in [1.165, 1.54) is 10.2 Å². The van der Waals surface area contributed by atoms with Gasteiger partial charge in [0.15, 0.2) is 0 Å². The lowest BCUT2D eigenvalue weighted by Gasteiger charge is -2.43. The van der Waals surface area contributed by atoms with Crippen molar-refractivity contribution in [1.82, 2.24) is 0 Å². The highest BCUT2D eigenvalue weighted by Crippen LogP contribution is 2.46. The minimum Gasteiger partial charge on any atom is -0.143 e. The van der Waals surface area contributed by atoms with E-state index >= 15 is 0 Å². The topological polar surface area (TPSA) is 0 Å². The Kier molecular flexibility index (Phi) is 5.33. The zero-order chi connectivity index (χ0) is 14.1. The van der Waals surface area contributed by atoms with Crippen molar-refractivity contribution in [3.8, 4) is 0 Å². The quantitative estimate of drug-likeness (QED) is 0.459. The van der Waals surface area contributed by atoms with E-state index in [-0.39, 0.29) is 7.92 Å². The first-order valence-corrected chi connectivity index (χ1v) is 16.0. The molecule has 18 heavy (non-hydrogen) atoms. The first-order valence-electron chi connectivity index (χ1n) is 6.56. The second-order valence-corrected chi connectivity index (χ2v) is 22.1. The summed E-state index contributed by atoms with van der Waals surface area (Å²) in [5.74, 6) is 0. The van der Waals surface area contributed by atoms with Gasteiger partial charge >= 0.3 is 0 Å². The van der Waals surface area contributed by atoms with E-state index in [1.807, 2.05) is 0 Å². The molecule has 0 fully saturated rings. The molecule has 102 valence electrons. The maximum atomic E-state index is 4.67. The van der Waals surface area contributed by atoms with Gasteiger partial charge in [0.1, 0.15) is 0 Å². The monoisotopic (exact) mass is 314 g/mol. The van der Waals surface area contributed by atoms with E-state index in [0.29, 0.717) is 0 Å². The summed E-state index contributed by atoms with van der Waals surface area (Å²) < 4.78 is 0. The van der Waals surface area contributed by atoms with Gasteiger partial charge in [-0.05, 0) is 22.9 Å². The molecule has 0 aliphatic carbocycles. The minimum absolute atomic E-state index is 0.0890. The van der Waals surface area contributed by atoms with E-state index in [0.717, 1.165) is 4.91 Å². The van der Waals surface area contributed by atoms with Gasteiger partial charge in [-0.15, -0.1) is 12.6 Å². The molecule has 1 aromatic carbocycles. The van der Waals surface area contributed by atoms with Gasteiger partial charge in [0.2, 0.25) is 0 Å². The summed E-state index contributed by atoms with van der Waals surface area (Å²) in [5, 5.41) is 1.51. The molecule has 0 N–H and O–H groups in total. The molecule has 0 saturated heterocycles. The maximum Gasteiger partial charge on any atom is 0.0495 e. The molecule has 0 amide bonds. The third-order valence-electron chi connectivity index (χ3n) is 3.29. The van der Waals surface area contributed by atoms with Crippen molar-refractivity contribution in [1.29, 1.82) is 0 Å². The van der Waals surface area contributed by atoms with Crippen molar-refractivity contribution in [3.63, 3.8) is 0 Å². The van der Waals surface area contributed by atoms with Crippen LogP contribution in [0.15, 0.2) is 29.2 Å². The molecule has 1 rings (SSSR count). The average Bonchev–Trinajstić information content (AvgIpc) is 2.13. The van der Waals surface area contributed by atoms with Crippen molar-refractivity contribution < 1.29 is 0 Å². The predicted molar refractivity (Wildman–Crippen MR) is 96.7 cm³/mol. The first-order chi connectivity index (χ1) is 8.05. The van der Waals surface area contributed by atoms with Gasteiger partial charge in [-0.25, -0.2) is 0 Å². The Morgan fingerprint density at radius 3 is 1.78 bits per heavy atom. The third kappa shape index (κ3) is 3.96. The summed E-state index contributed by atoms with van der Waals surface area (Å²) in [6.07, 6.45) is 0. The zero-order valence-electron chi connectivity index (χ0n) is 12.8. The molecule has 1 aromatic rings. The SMILES string of the molecule is CP(c1ccccc1S)C([Si](C)(C)C)[Si](C)(C)C. The van der Waals surface area contributed by atoms with Crippen LogP contribution in [0.25, 0.3) is 0 Å². The van der Waals surface area contributed by atoms with Crippen molar-refractivity contribution in [2.75, 3.05) is 6.66 Å². The third-order valence-corrected chi connectivity index (χ3v) is 21.2. The summed E-state index contributed by atoms with van der Waals surface area (Å²) in [7, 11) is -2.36. The zero-order valence-corrected chi connectivity index (χ0v) is 16.6. The second kappa shape index (κ2) is 5.82. The van der Waals surface area contributed by atoms with Crippen LogP contribution < -0.4 is 5.30 Å². The molecule has 0 aromatic heterocycles. The average molecular weight is 315 g/mol. The number of rotatable bonds is 4. The highest BCUT2D eigenvalue weighted by Gasteiger charge is 2.41. The van der Waals surface area contributed by atoms with E-state index in [2.05, 4.69) is 82.8 Å². The maximum absolute atomic E-state index is 4.67. The summed E-state index contributed by atoms with van der Waals surface area (Å²) in [6, 6.07) is 8.69. The van der Waals surface area contributed by atoms with Crippen molar-refractivity contribution in [2.24, 2.45) is 0 Å². The summed E-state index contributed by atoms with van der Waals surface area (Å²) >= 11 is 4.67. The van der Waals surface area contributed by atoms with Gasteiger partial charge in [0, 0.05) is 21.0 Å². The first kappa shape index (κ1) is 16.5. The summed E-state index contributed by atoms with van der Waals surface area (Å²) in [6.45, 7) is 17.7. The Labute approximate surface area is 122 Å². The van der Waals surface area contributed by atoms with Gasteiger partial charge in [-0.1, -0.05) is 65.4 Å². The smallest absolute Gasteiger partial charge is 0.0495 e. The number of benzene rings is 1. The summed E-state index contributed by atoms with van der Waals surface area (Å²) in [4.78, 5) is 2.14. The van der Waals surface area contributed by atoms with Crippen LogP contribution in [0.5, 0.6) is 0 Å². The Balaban J connectivity index is 3.20.